The van der Waals surface area contributed by atoms with Crippen molar-refractivity contribution in [1.29, 1.82) is 0 Å². The lowest BCUT2D eigenvalue weighted by atomic mass is 10.0. The minimum Gasteiger partial charge on any atom is -0.379 e. The van der Waals surface area contributed by atoms with Crippen molar-refractivity contribution in [3.05, 3.63) is 11.6 Å². The first-order valence-corrected chi connectivity index (χ1v) is 11.6. The molecule has 1 aliphatic rings. The Bertz CT molecular complexity index is 605. The summed E-state index contributed by atoms with van der Waals surface area (Å²) in [5.74, 6) is 4.33. The molecule has 1 aromatic rings. The highest BCUT2D eigenvalue weighted by Crippen LogP contribution is 2.12. The summed E-state index contributed by atoms with van der Waals surface area (Å²) in [6, 6.07) is 0.458. The van der Waals surface area contributed by atoms with E-state index in [0.29, 0.717) is 18.5 Å². The molecule has 0 aromatic carbocycles. The van der Waals surface area contributed by atoms with E-state index >= 15 is 0 Å². The van der Waals surface area contributed by atoms with E-state index in [1.165, 1.54) is 0 Å². The minimum absolute atomic E-state index is 0. The van der Waals surface area contributed by atoms with Gasteiger partial charge in [0.2, 0.25) is 0 Å². The summed E-state index contributed by atoms with van der Waals surface area (Å²) < 4.78 is 7.50. The van der Waals surface area contributed by atoms with Gasteiger partial charge in [-0.15, -0.1) is 34.2 Å². The second-order valence-corrected chi connectivity index (χ2v) is 8.49. The Hall–Kier alpha value is -0.590. The van der Waals surface area contributed by atoms with E-state index in [9.17, 15) is 0 Å². The predicted octanol–water partition coefficient (Wildman–Crippen LogP) is 1.89. The number of ether oxygens (including phenoxy) is 1. The molecular weight excluding hydrogens is 501 g/mol. The van der Waals surface area contributed by atoms with Crippen LogP contribution in [0.5, 0.6) is 0 Å². The molecule has 1 saturated heterocycles. The highest BCUT2D eigenvalue weighted by Gasteiger charge is 2.23. The van der Waals surface area contributed by atoms with Crippen LogP contribution < -0.4 is 10.6 Å². The van der Waals surface area contributed by atoms with Crippen LogP contribution in [0.15, 0.2) is 4.99 Å². The Morgan fingerprint density at radius 1 is 1.24 bits per heavy atom. The minimum atomic E-state index is 0. The van der Waals surface area contributed by atoms with Crippen LogP contribution in [-0.2, 0) is 18.3 Å². The molecule has 0 bridgehead atoms. The number of aromatic nitrogens is 3. The molecule has 0 saturated carbocycles. The molecule has 1 aromatic heterocycles. The summed E-state index contributed by atoms with van der Waals surface area (Å²) in [4.78, 5) is 7.29. The van der Waals surface area contributed by atoms with Gasteiger partial charge in [-0.2, -0.15) is 11.8 Å². The molecule has 0 radical (unpaired) electrons. The van der Waals surface area contributed by atoms with E-state index in [-0.39, 0.29) is 24.0 Å². The van der Waals surface area contributed by atoms with Crippen molar-refractivity contribution in [2.75, 3.05) is 51.4 Å². The average molecular weight is 540 g/mol. The van der Waals surface area contributed by atoms with Crippen molar-refractivity contribution in [2.24, 2.45) is 18.0 Å². The Morgan fingerprint density at radius 2 is 1.97 bits per heavy atom. The number of aliphatic imine (C=N–C) groups is 1. The van der Waals surface area contributed by atoms with Crippen LogP contribution in [0.3, 0.4) is 0 Å². The zero-order valence-electron chi connectivity index (χ0n) is 18.5. The summed E-state index contributed by atoms with van der Waals surface area (Å²) in [5.41, 5.74) is 0. The largest absolute Gasteiger partial charge is 0.379 e. The van der Waals surface area contributed by atoms with Gasteiger partial charge in [-0.3, -0.25) is 4.90 Å². The topological polar surface area (TPSA) is 79.6 Å². The van der Waals surface area contributed by atoms with Crippen LogP contribution in [0.2, 0.25) is 0 Å². The quantitative estimate of drug-likeness (QED) is 0.204. The van der Waals surface area contributed by atoms with Gasteiger partial charge in [0.1, 0.15) is 12.4 Å². The Kier molecular flexibility index (Phi) is 13.2. The second-order valence-electron chi connectivity index (χ2n) is 7.50. The van der Waals surface area contributed by atoms with E-state index in [0.717, 1.165) is 69.2 Å². The molecule has 8 nitrogen and oxygen atoms in total. The third kappa shape index (κ3) is 8.97. The third-order valence-corrected chi connectivity index (χ3v) is 5.84. The lowest BCUT2D eigenvalue weighted by molar-refractivity contribution is 0.00752. The molecule has 2 heterocycles. The molecule has 0 aliphatic carbocycles. The molecule has 168 valence electrons. The number of aryl methyl sites for hydroxylation is 1. The van der Waals surface area contributed by atoms with Crippen molar-refractivity contribution in [1.82, 2.24) is 30.3 Å². The van der Waals surface area contributed by atoms with Crippen molar-refractivity contribution in [2.45, 2.75) is 39.8 Å². The highest BCUT2D eigenvalue weighted by molar-refractivity contribution is 14.0. The van der Waals surface area contributed by atoms with Crippen molar-refractivity contribution in [3.8, 4) is 0 Å². The van der Waals surface area contributed by atoms with Gasteiger partial charge in [-0.05, 0) is 31.3 Å². The standard InChI is InChI=1S/C19H37N7OS.HI/c1-15(2)17(26-8-10-27-11-9-26)13-21-19(20-7-6-12-28-5)22-14-18-24-23-16(3)25(18)4;/h15,17H,6-14H2,1-5H3,(H2,20,21,22);1H. The summed E-state index contributed by atoms with van der Waals surface area (Å²) in [6.07, 6.45) is 3.25. The number of halogens is 1. The molecule has 2 rings (SSSR count). The molecule has 1 atom stereocenters. The molecule has 10 heteroatoms. The lowest BCUT2D eigenvalue weighted by Gasteiger charge is -2.37. The van der Waals surface area contributed by atoms with Crippen LogP contribution in [0.1, 0.15) is 31.9 Å². The normalized spacial score (nSPS) is 16.6. The van der Waals surface area contributed by atoms with Gasteiger partial charge < -0.3 is 19.9 Å². The number of rotatable bonds is 10. The van der Waals surface area contributed by atoms with Crippen LogP contribution in [0.4, 0.5) is 0 Å². The smallest absolute Gasteiger partial charge is 0.191 e. The lowest BCUT2D eigenvalue weighted by Crippen LogP contribution is -2.52. The zero-order chi connectivity index (χ0) is 20.4. The molecule has 29 heavy (non-hydrogen) atoms. The van der Waals surface area contributed by atoms with Gasteiger partial charge >= 0.3 is 0 Å². The maximum Gasteiger partial charge on any atom is 0.191 e. The summed E-state index contributed by atoms with van der Waals surface area (Å²) in [6.45, 7) is 12.4. The number of thioether (sulfide) groups is 1. The molecule has 1 fully saturated rings. The first-order chi connectivity index (χ1) is 13.5. The van der Waals surface area contributed by atoms with Gasteiger partial charge in [-0.25, -0.2) is 4.99 Å². The van der Waals surface area contributed by atoms with Gasteiger partial charge in [0, 0.05) is 39.3 Å². The number of nitrogens with zero attached hydrogens (tertiary/aromatic N) is 5. The Balaban J connectivity index is 0.00000420. The number of guanidine groups is 1. The van der Waals surface area contributed by atoms with Crippen LogP contribution in [0.25, 0.3) is 0 Å². The van der Waals surface area contributed by atoms with E-state index in [1.807, 2.05) is 30.3 Å². The van der Waals surface area contributed by atoms with Crippen molar-refractivity contribution in [3.63, 3.8) is 0 Å². The van der Waals surface area contributed by atoms with Gasteiger partial charge in [0.05, 0.1) is 13.2 Å². The predicted molar refractivity (Wildman–Crippen MR) is 132 cm³/mol. The number of hydrogen-bond donors (Lipinski definition) is 2. The van der Waals surface area contributed by atoms with E-state index in [2.05, 4.69) is 45.8 Å². The van der Waals surface area contributed by atoms with E-state index in [4.69, 9.17) is 9.73 Å². The second kappa shape index (κ2) is 14.4. The highest BCUT2D eigenvalue weighted by atomic mass is 127. The van der Waals surface area contributed by atoms with E-state index < -0.39 is 0 Å². The third-order valence-electron chi connectivity index (χ3n) is 5.14. The number of morpholine rings is 1. The maximum atomic E-state index is 5.52. The first-order valence-electron chi connectivity index (χ1n) is 10.2. The fourth-order valence-electron chi connectivity index (χ4n) is 3.23. The Morgan fingerprint density at radius 3 is 2.55 bits per heavy atom. The van der Waals surface area contributed by atoms with E-state index in [1.54, 1.807) is 0 Å². The Labute approximate surface area is 197 Å². The first kappa shape index (κ1) is 26.4. The monoisotopic (exact) mass is 539 g/mol. The van der Waals surface area contributed by atoms with Crippen LogP contribution in [-0.4, -0.2) is 83.1 Å². The molecular formula is C19H38IN7OS. The average Bonchev–Trinajstić information content (AvgIpc) is 3.01. The van der Waals surface area contributed by atoms with Gasteiger partial charge in [0.25, 0.3) is 0 Å². The number of nitrogens with one attached hydrogen (secondary N) is 2. The fraction of sp³-hybridized carbons (Fsp3) is 0.842. The maximum absolute atomic E-state index is 5.52. The van der Waals surface area contributed by atoms with Gasteiger partial charge in [0.15, 0.2) is 11.8 Å². The fourth-order valence-corrected chi connectivity index (χ4v) is 3.67. The van der Waals surface area contributed by atoms with Crippen molar-refractivity contribution < 1.29 is 4.74 Å². The van der Waals surface area contributed by atoms with Crippen LogP contribution in [0, 0.1) is 12.8 Å². The summed E-state index contributed by atoms with van der Waals surface area (Å²) in [5, 5.41) is 15.4. The van der Waals surface area contributed by atoms with Crippen LogP contribution >= 0.6 is 35.7 Å². The molecule has 0 amide bonds. The van der Waals surface area contributed by atoms with Gasteiger partial charge in [-0.1, -0.05) is 13.8 Å². The van der Waals surface area contributed by atoms with Crippen molar-refractivity contribution >= 4 is 41.7 Å². The zero-order valence-corrected chi connectivity index (χ0v) is 21.6. The molecule has 0 spiro atoms. The molecule has 2 N–H and O–H groups in total. The SMILES string of the molecule is CSCCCNC(=NCc1nnc(C)n1C)NCC(C(C)C)N1CCOCC1.I. The summed E-state index contributed by atoms with van der Waals surface area (Å²) >= 11 is 1.87. The molecule has 1 unspecified atom stereocenters. The summed E-state index contributed by atoms with van der Waals surface area (Å²) in [7, 11) is 1.98. The number of hydrogen-bond acceptors (Lipinski definition) is 6. The molecule has 1 aliphatic heterocycles.